The number of rotatable bonds is 4. The molecule has 3 aliphatic rings. The monoisotopic (exact) mass is 359 g/mol. The van der Waals surface area contributed by atoms with Crippen molar-refractivity contribution in [2.75, 3.05) is 14.2 Å². The van der Waals surface area contributed by atoms with Crippen LogP contribution >= 0.6 is 0 Å². The van der Waals surface area contributed by atoms with Gasteiger partial charge in [-0.25, -0.2) is 4.99 Å². The van der Waals surface area contributed by atoms with E-state index in [2.05, 4.69) is 25.6 Å². The minimum atomic E-state index is -1.45. The number of nitrogens with zero attached hydrogens (tertiary/aromatic N) is 3. The van der Waals surface area contributed by atoms with Crippen molar-refractivity contribution in [2.24, 2.45) is 9.98 Å². The Kier molecular flexibility index (Phi) is 3.69. The van der Waals surface area contributed by atoms with Gasteiger partial charge in [-0.15, -0.1) is 0 Å². The Morgan fingerprint density at radius 1 is 1.20 bits per heavy atom. The van der Waals surface area contributed by atoms with E-state index in [4.69, 9.17) is 9.47 Å². The van der Waals surface area contributed by atoms with Gasteiger partial charge in [0.25, 0.3) is 0 Å². The fourth-order valence-electron chi connectivity index (χ4n) is 3.10. The first-order valence-corrected chi connectivity index (χ1v) is 8.96. The van der Waals surface area contributed by atoms with Gasteiger partial charge in [0.05, 0.1) is 20.6 Å². The molecule has 0 spiro atoms. The molecule has 0 bridgehead atoms. The average molecular weight is 359 g/mol. The molecule has 8 nitrogen and oxygen atoms in total. The Balaban J connectivity index is 1.61. The third kappa shape index (κ3) is 2.30. The number of aliphatic imine (C=N–C) groups is 2. The van der Waals surface area contributed by atoms with Gasteiger partial charge in [0, 0.05) is 23.4 Å². The quantitative estimate of drug-likeness (QED) is 0.757. The zero-order chi connectivity index (χ0) is 17.5. The lowest BCUT2D eigenvalue weighted by molar-refractivity contribution is 0.350. The van der Waals surface area contributed by atoms with Crippen molar-refractivity contribution < 1.29 is 14.0 Å². The molecule has 3 heterocycles. The predicted molar refractivity (Wildman–Crippen MR) is 95.1 cm³/mol. The van der Waals surface area contributed by atoms with Crippen molar-refractivity contribution in [2.45, 2.75) is 17.1 Å². The topological polar surface area (TPSA) is 103 Å². The number of allylic oxidation sites excluding steroid dienone is 2. The maximum atomic E-state index is 12.9. The van der Waals surface area contributed by atoms with E-state index in [0.29, 0.717) is 22.4 Å². The third-order valence-electron chi connectivity index (χ3n) is 4.34. The minimum Gasteiger partial charge on any atom is -0.609 e. The van der Waals surface area contributed by atoms with E-state index in [1.807, 2.05) is 24.3 Å². The summed E-state index contributed by atoms with van der Waals surface area (Å²) in [6.45, 7) is 0. The number of pyridine rings is 1. The zero-order valence-corrected chi connectivity index (χ0v) is 14.5. The minimum absolute atomic E-state index is 0.148. The Labute approximate surface area is 147 Å². The second-order valence-electron chi connectivity index (χ2n) is 5.68. The lowest BCUT2D eigenvalue weighted by Crippen LogP contribution is -2.58. The fourth-order valence-corrected chi connectivity index (χ4v) is 4.21. The van der Waals surface area contributed by atoms with E-state index >= 15 is 0 Å². The molecule has 0 aromatic carbocycles. The molecule has 4 rings (SSSR count). The molecule has 0 amide bonds. The highest BCUT2D eigenvalue weighted by Crippen LogP contribution is 2.39. The molecule has 130 valence electrons. The second-order valence-corrected chi connectivity index (χ2v) is 7.04. The molecule has 2 N–H and O–H groups in total. The number of hydrogen-bond acceptors (Lipinski definition) is 8. The number of hydrogen-bond donors (Lipinski definition) is 2. The van der Waals surface area contributed by atoms with Crippen molar-refractivity contribution in [3.8, 4) is 11.5 Å². The number of amidine groups is 1. The van der Waals surface area contributed by atoms with Crippen LogP contribution in [-0.2, 0) is 16.9 Å². The second kappa shape index (κ2) is 5.78. The van der Waals surface area contributed by atoms with E-state index in [-0.39, 0.29) is 5.75 Å². The summed E-state index contributed by atoms with van der Waals surface area (Å²) in [5.41, 5.74) is -0.987. The van der Waals surface area contributed by atoms with Crippen LogP contribution in [0, 0.1) is 0 Å². The summed E-state index contributed by atoms with van der Waals surface area (Å²) < 4.78 is 23.5. The van der Waals surface area contributed by atoms with Crippen LogP contribution in [0.4, 0.5) is 0 Å². The highest BCUT2D eigenvalue weighted by Gasteiger charge is 2.59. The molecule has 9 heteroatoms. The van der Waals surface area contributed by atoms with E-state index in [0.717, 1.165) is 0 Å². The summed E-state index contributed by atoms with van der Waals surface area (Å²) in [4.78, 5) is 13.3. The van der Waals surface area contributed by atoms with Crippen LogP contribution in [0.1, 0.15) is 5.69 Å². The van der Waals surface area contributed by atoms with Crippen LogP contribution in [0.15, 0.2) is 46.6 Å². The number of nitrogens with one attached hydrogen (secondary N) is 2. The zero-order valence-electron chi connectivity index (χ0n) is 13.7. The van der Waals surface area contributed by atoms with E-state index in [1.54, 1.807) is 25.7 Å². The summed E-state index contributed by atoms with van der Waals surface area (Å²) in [7, 11) is 3.08. The molecular formula is C16H17N5O3S. The van der Waals surface area contributed by atoms with Crippen LogP contribution < -0.4 is 20.1 Å². The molecule has 0 fully saturated rings. The smallest absolute Gasteiger partial charge is 0.317 e. The summed E-state index contributed by atoms with van der Waals surface area (Å²) in [6.07, 6.45) is 10.8. The fraction of sp³-hybridized carbons (Fsp3) is 0.312. The van der Waals surface area contributed by atoms with Crippen molar-refractivity contribution in [1.82, 2.24) is 15.6 Å². The van der Waals surface area contributed by atoms with E-state index < -0.39 is 22.5 Å². The predicted octanol–water partition coefficient (Wildman–Crippen LogP) is 0.457. The molecule has 3 unspecified atom stereocenters. The van der Waals surface area contributed by atoms with Gasteiger partial charge in [0.1, 0.15) is 5.69 Å². The lowest BCUT2D eigenvalue weighted by atomic mass is 9.91. The molecule has 25 heavy (non-hydrogen) atoms. The highest BCUT2D eigenvalue weighted by molar-refractivity contribution is 8.05. The number of aromatic nitrogens is 1. The largest absolute Gasteiger partial charge is 0.609 e. The molecular weight excluding hydrogens is 342 g/mol. The van der Waals surface area contributed by atoms with Gasteiger partial charge in [0.15, 0.2) is 17.3 Å². The maximum Gasteiger partial charge on any atom is 0.317 e. The first-order chi connectivity index (χ1) is 12.1. The first kappa shape index (κ1) is 16.0. The standard InChI is InChI=1S/C16H17N5O3S/c1-23-12-5-8-17-11(13(12)24-2)9-25(22)14-20-15-6-3-4-7-16(15,21-14)19-10-18-15/h3-8,10H,9H2,1-2H3,(H,18,19)(H,20,21). The first-order valence-electron chi connectivity index (χ1n) is 7.64. The maximum absolute atomic E-state index is 12.9. The summed E-state index contributed by atoms with van der Waals surface area (Å²) in [6, 6.07) is 1.70. The van der Waals surface area contributed by atoms with E-state index in [1.165, 1.54) is 7.11 Å². The molecule has 0 saturated heterocycles. The van der Waals surface area contributed by atoms with Gasteiger partial charge < -0.3 is 19.3 Å². The van der Waals surface area contributed by atoms with Gasteiger partial charge in [0.2, 0.25) is 11.3 Å². The summed E-state index contributed by atoms with van der Waals surface area (Å²) >= 11 is -1.45. The molecule has 2 aliphatic heterocycles. The van der Waals surface area contributed by atoms with Crippen LogP contribution in [0.2, 0.25) is 0 Å². The summed E-state index contributed by atoms with van der Waals surface area (Å²) in [5, 5.41) is 6.70. The Morgan fingerprint density at radius 3 is 2.72 bits per heavy atom. The van der Waals surface area contributed by atoms with Crippen molar-refractivity contribution in [3.05, 3.63) is 42.3 Å². The van der Waals surface area contributed by atoms with E-state index in [9.17, 15) is 4.55 Å². The molecule has 0 saturated carbocycles. The van der Waals surface area contributed by atoms with Gasteiger partial charge in [-0.1, -0.05) is 12.2 Å². The van der Waals surface area contributed by atoms with Crippen LogP contribution in [0.5, 0.6) is 11.5 Å². The van der Waals surface area contributed by atoms with Crippen molar-refractivity contribution in [1.29, 1.82) is 0 Å². The van der Waals surface area contributed by atoms with Crippen LogP contribution in [0.25, 0.3) is 0 Å². The molecule has 3 atom stereocenters. The highest BCUT2D eigenvalue weighted by atomic mass is 32.2. The Bertz CT molecular complexity index is 824. The summed E-state index contributed by atoms with van der Waals surface area (Å²) in [5.74, 6) is 1.17. The molecule has 0 radical (unpaired) electrons. The lowest BCUT2D eigenvalue weighted by Gasteiger charge is -2.32. The average Bonchev–Trinajstić information content (AvgIpc) is 3.15. The van der Waals surface area contributed by atoms with Crippen LogP contribution in [0.3, 0.4) is 0 Å². The Hall–Kier alpha value is -2.52. The number of ether oxygens (including phenoxy) is 2. The third-order valence-corrected chi connectivity index (χ3v) is 5.51. The van der Waals surface area contributed by atoms with Gasteiger partial charge in [-0.2, -0.15) is 4.99 Å². The van der Waals surface area contributed by atoms with Crippen LogP contribution in [-0.4, -0.2) is 46.6 Å². The normalized spacial score (nSPS) is 29.3. The molecule has 1 aromatic heterocycles. The Morgan fingerprint density at radius 2 is 2.00 bits per heavy atom. The van der Waals surface area contributed by atoms with Gasteiger partial charge in [-0.3, -0.25) is 10.3 Å². The molecule has 1 aromatic rings. The van der Waals surface area contributed by atoms with Gasteiger partial charge >= 0.3 is 5.17 Å². The number of methoxy groups -OCH3 is 2. The van der Waals surface area contributed by atoms with Gasteiger partial charge in [-0.05, 0) is 12.2 Å². The SMILES string of the molecule is COc1ccnc(C[S+]([O-])C2=NC34C=CC=CC3(N=CN4)N2)c1OC. The van der Waals surface area contributed by atoms with Crippen molar-refractivity contribution in [3.63, 3.8) is 0 Å². The van der Waals surface area contributed by atoms with Crippen molar-refractivity contribution >= 4 is 22.7 Å². The molecule has 1 aliphatic carbocycles.